The summed E-state index contributed by atoms with van der Waals surface area (Å²) in [7, 11) is 1.50. The predicted molar refractivity (Wildman–Crippen MR) is 42.1 cm³/mol. The van der Waals surface area contributed by atoms with E-state index in [1.54, 1.807) is 6.20 Å². The van der Waals surface area contributed by atoms with E-state index in [0.29, 0.717) is 18.2 Å². The van der Waals surface area contributed by atoms with Gasteiger partial charge in [-0.25, -0.2) is 4.98 Å². The second-order valence-corrected chi connectivity index (χ2v) is 2.02. The average molecular weight is 152 g/mol. The van der Waals surface area contributed by atoms with Gasteiger partial charge in [-0.3, -0.25) is 0 Å². The van der Waals surface area contributed by atoms with Crippen LogP contribution in [0.5, 0.6) is 6.01 Å². The summed E-state index contributed by atoms with van der Waals surface area (Å²) in [5.41, 5.74) is 6.38. The first-order valence-corrected chi connectivity index (χ1v) is 3.22. The molecule has 11 heavy (non-hydrogen) atoms. The summed E-state index contributed by atoms with van der Waals surface area (Å²) in [6.45, 7) is 3.67. The summed E-state index contributed by atoms with van der Waals surface area (Å²) in [4.78, 5) is 7.74. The van der Waals surface area contributed by atoms with Gasteiger partial charge in [0.25, 0.3) is 0 Å². The van der Waals surface area contributed by atoms with Crippen molar-refractivity contribution in [2.45, 2.75) is 6.42 Å². The Labute approximate surface area is 65.4 Å². The first kappa shape index (κ1) is 7.78. The fourth-order valence-corrected chi connectivity index (χ4v) is 0.694. The lowest BCUT2D eigenvalue weighted by Crippen LogP contribution is -2.00. The molecule has 0 atom stereocenters. The van der Waals surface area contributed by atoms with Gasteiger partial charge in [0, 0.05) is 11.8 Å². The molecule has 0 spiro atoms. The fraction of sp³-hybridized carbons (Fsp3) is 0.286. The molecule has 59 valence electrons. The minimum atomic E-state index is 0.291. The minimum Gasteiger partial charge on any atom is -0.467 e. The van der Waals surface area contributed by atoms with Crippen LogP contribution in [-0.2, 0) is 6.42 Å². The quantitative estimate of drug-likeness (QED) is 0.668. The van der Waals surface area contributed by atoms with Crippen LogP contribution in [0.2, 0.25) is 0 Å². The Kier molecular flexibility index (Phi) is 2.25. The Morgan fingerprint density at radius 2 is 2.45 bits per heavy atom. The molecule has 0 saturated heterocycles. The highest BCUT2D eigenvalue weighted by molar-refractivity contribution is 5.38. The standard InChI is InChI=1S/C7H10N3O/c1-3-5-4-9-7(11-2)10-6(5)8/h4H,1,3H2,2H3,(H2,8,9,10). The number of ether oxygens (including phenoxy) is 1. The average Bonchev–Trinajstić information content (AvgIpc) is 2.04. The van der Waals surface area contributed by atoms with E-state index in [4.69, 9.17) is 10.5 Å². The maximum absolute atomic E-state index is 5.54. The number of hydrogen-bond donors (Lipinski definition) is 1. The summed E-state index contributed by atoms with van der Waals surface area (Å²) < 4.78 is 4.77. The Hall–Kier alpha value is -1.32. The van der Waals surface area contributed by atoms with E-state index < -0.39 is 0 Å². The third-order valence-corrected chi connectivity index (χ3v) is 1.33. The van der Waals surface area contributed by atoms with Gasteiger partial charge in [-0.15, -0.1) is 0 Å². The highest BCUT2D eigenvalue weighted by Crippen LogP contribution is 2.10. The summed E-state index contributed by atoms with van der Waals surface area (Å²) in [5, 5.41) is 0. The first-order chi connectivity index (χ1) is 5.27. The van der Waals surface area contributed by atoms with Gasteiger partial charge in [-0.2, -0.15) is 4.98 Å². The number of nitrogens with zero attached hydrogens (tertiary/aromatic N) is 2. The van der Waals surface area contributed by atoms with Crippen LogP contribution in [0, 0.1) is 6.92 Å². The zero-order valence-corrected chi connectivity index (χ0v) is 6.37. The largest absolute Gasteiger partial charge is 0.467 e. The van der Waals surface area contributed by atoms with E-state index in [0.717, 1.165) is 5.56 Å². The molecule has 1 aromatic heterocycles. The Morgan fingerprint density at radius 3 is 2.91 bits per heavy atom. The van der Waals surface area contributed by atoms with Crippen molar-refractivity contribution in [1.29, 1.82) is 0 Å². The minimum absolute atomic E-state index is 0.291. The van der Waals surface area contributed by atoms with Gasteiger partial charge in [-0.05, 0) is 13.3 Å². The number of rotatable bonds is 2. The van der Waals surface area contributed by atoms with Gasteiger partial charge >= 0.3 is 6.01 Å². The number of nitrogen functional groups attached to an aromatic ring is 1. The second-order valence-electron chi connectivity index (χ2n) is 2.02. The molecule has 0 saturated carbocycles. The number of nitrogens with two attached hydrogens (primary N) is 1. The summed E-state index contributed by atoms with van der Waals surface area (Å²) in [5.74, 6) is 0.437. The van der Waals surface area contributed by atoms with Crippen molar-refractivity contribution in [1.82, 2.24) is 9.97 Å². The molecule has 1 aromatic rings. The molecule has 1 heterocycles. The molecule has 0 amide bonds. The van der Waals surface area contributed by atoms with Crippen LogP contribution in [0.4, 0.5) is 5.82 Å². The molecule has 0 bridgehead atoms. The maximum atomic E-state index is 5.54. The summed E-state index contributed by atoms with van der Waals surface area (Å²) >= 11 is 0. The first-order valence-electron chi connectivity index (χ1n) is 3.22. The highest BCUT2D eigenvalue weighted by atomic mass is 16.5. The van der Waals surface area contributed by atoms with E-state index in [1.165, 1.54) is 7.11 Å². The van der Waals surface area contributed by atoms with Crippen LogP contribution in [0.1, 0.15) is 5.56 Å². The molecule has 0 aliphatic carbocycles. The molecular weight excluding hydrogens is 142 g/mol. The van der Waals surface area contributed by atoms with Crippen LogP contribution in [0.25, 0.3) is 0 Å². The zero-order chi connectivity index (χ0) is 8.27. The van der Waals surface area contributed by atoms with E-state index >= 15 is 0 Å². The molecule has 2 N–H and O–H groups in total. The molecule has 4 nitrogen and oxygen atoms in total. The lowest BCUT2D eigenvalue weighted by atomic mass is 10.2. The van der Waals surface area contributed by atoms with Gasteiger partial charge in [0.2, 0.25) is 0 Å². The monoisotopic (exact) mass is 152 g/mol. The molecule has 4 heteroatoms. The van der Waals surface area contributed by atoms with Crippen LogP contribution in [-0.4, -0.2) is 17.1 Å². The van der Waals surface area contributed by atoms with Gasteiger partial charge in [0.15, 0.2) is 0 Å². The molecule has 0 fully saturated rings. The highest BCUT2D eigenvalue weighted by Gasteiger charge is 2.00. The molecule has 0 aliphatic rings. The van der Waals surface area contributed by atoms with Crippen molar-refractivity contribution in [2.24, 2.45) is 0 Å². The normalized spacial score (nSPS) is 9.64. The molecule has 0 aromatic carbocycles. The van der Waals surface area contributed by atoms with Crippen LogP contribution < -0.4 is 10.5 Å². The van der Waals surface area contributed by atoms with Crippen molar-refractivity contribution in [3.63, 3.8) is 0 Å². The Bertz CT molecular complexity index is 249. The summed E-state index contributed by atoms with van der Waals surface area (Å²) in [6, 6.07) is 0.291. The lowest BCUT2D eigenvalue weighted by Gasteiger charge is -2.01. The molecule has 0 unspecified atom stereocenters. The number of aromatic nitrogens is 2. The van der Waals surface area contributed by atoms with E-state index in [1.807, 2.05) is 0 Å². The van der Waals surface area contributed by atoms with E-state index in [2.05, 4.69) is 16.9 Å². The van der Waals surface area contributed by atoms with Crippen LogP contribution >= 0.6 is 0 Å². The molecular formula is C7H10N3O. The van der Waals surface area contributed by atoms with Crippen molar-refractivity contribution in [3.05, 3.63) is 18.7 Å². The SMILES string of the molecule is [CH2]Cc1cnc(OC)nc1N. The van der Waals surface area contributed by atoms with Crippen molar-refractivity contribution >= 4 is 5.82 Å². The zero-order valence-electron chi connectivity index (χ0n) is 6.37. The van der Waals surface area contributed by atoms with Gasteiger partial charge in [-0.1, -0.05) is 0 Å². The number of hydrogen-bond acceptors (Lipinski definition) is 4. The van der Waals surface area contributed by atoms with Gasteiger partial charge < -0.3 is 10.5 Å². The van der Waals surface area contributed by atoms with Gasteiger partial charge in [0.05, 0.1) is 7.11 Å². The lowest BCUT2D eigenvalue weighted by molar-refractivity contribution is 0.380. The van der Waals surface area contributed by atoms with E-state index in [9.17, 15) is 0 Å². The predicted octanol–water partition coefficient (Wildman–Crippen LogP) is 0.444. The van der Waals surface area contributed by atoms with Gasteiger partial charge in [0.1, 0.15) is 5.82 Å². The Morgan fingerprint density at radius 1 is 1.73 bits per heavy atom. The molecule has 0 aliphatic heterocycles. The third-order valence-electron chi connectivity index (χ3n) is 1.33. The second kappa shape index (κ2) is 3.18. The number of anilines is 1. The fourth-order valence-electron chi connectivity index (χ4n) is 0.694. The number of methoxy groups -OCH3 is 1. The third kappa shape index (κ3) is 1.58. The van der Waals surface area contributed by atoms with Crippen LogP contribution in [0.15, 0.2) is 6.20 Å². The summed E-state index contributed by atoms with van der Waals surface area (Å²) in [6.07, 6.45) is 2.21. The Balaban J connectivity index is 2.99. The van der Waals surface area contributed by atoms with Crippen LogP contribution in [0.3, 0.4) is 0 Å². The smallest absolute Gasteiger partial charge is 0.318 e. The topological polar surface area (TPSA) is 61.0 Å². The van der Waals surface area contributed by atoms with Crippen molar-refractivity contribution < 1.29 is 4.74 Å². The van der Waals surface area contributed by atoms with Crippen molar-refractivity contribution in [2.75, 3.05) is 12.8 Å². The molecule has 1 rings (SSSR count). The van der Waals surface area contributed by atoms with E-state index in [-0.39, 0.29) is 0 Å². The van der Waals surface area contributed by atoms with Crippen molar-refractivity contribution in [3.8, 4) is 6.01 Å². The molecule has 1 radical (unpaired) electrons. The maximum Gasteiger partial charge on any atom is 0.318 e.